The molecule has 1 aromatic heterocycles. The van der Waals surface area contributed by atoms with E-state index in [2.05, 4.69) is 5.10 Å². The molecular weight excluding hydrogens is 380 g/mol. The van der Waals surface area contributed by atoms with Gasteiger partial charge in [0.2, 0.25) is 5.91 Å². The molecule has 1 fully saturated rings. The first-order valence-electron chi connectivity index (χ1n) is 7.02. The van der Waals surface area contributed by atoms with Gasteiger partial charge in [-0.1, -0.05) is 23.2 Å². The van der Waals surface area contributed by atoms with Crippen LogP contribution in [0.25, 0.3) is 5.69 Å². The minimum atomic E-state index is -4.61. The third-order valence-corrected chi connectivity index (χ3v) is 4.40. The predicted molar refractivity (Wildman–Crippen MR) is 84.9 cm³/mol. The molecule has 130 valence electrons. The highest BCUT2D eigenvalue weighted by Crippen LogP contribution is 2.40. The van der Waals surface area contributed by atoms with E-state index in [0.717, 1.165) is 16.8 Å². The number of hydrogen-bond acceptors (Lipinski definition) is 3. The molecule has 1 aromatic carbocycles. The standard InChI is InChI=1S/C15H9Cl2F3N4O/c1-7-2-12(25)23(7)14-8(5-21)6-22-24(14)13-10(16)3-9(4-11(13)17)15(18,19)20/h3-4,6-7H,2H2,1H3. The van der Waals surface area contributed by atoms with Gasteiger partial charge in [0.05, 0.1) is 21.8 Å². The molecule has 1 aliphatic rings. The van der Waals surface area contributed by atoms with Crippen molar-refractivity contribution in [2.24, 2.45) is 0 Å². The fourth-order valence-corrected chi connectivity index (χ4v) is 3.30. The van der Waals surface area contributed by atoms with Crippen LogP contribution >= 0.6 is 23.2 Å². The summed E-state index contributed by atoms with van der Waals surface area (Å²) >= 11 is 12.0. The first-order chi connectivity index (χ1) is 11.6. The molecule has 0 N–H and O–H groups in total. The van der Waals surface area contributed by atoms with Crippen molar-refractivity contribution in [3.8, 4) is 11.8 Å². The molecule has 1 aliphatic heterocycles. The number of hydrogen-bond donors (Lipinski definition) is 0. The molecule has 1 saturated heterocycles. The van der Waals surface area contributed by atoms with Gasteiger partial charge in [-0.05, 0) is 19.1 Å². The van der Waals surface area contributed by atoms with Crippen molar-refractivity contribution in [2.45, 2.75) is 25.6 Å². The van der Waals surface area contributed by atoms with E-state index in [4.69, 9.17) is 23.2 Å². The van der Waals surface area contributed by atoms with Gasteiger partial charge in [0.25, 0.3) is 0 Å². The van der Waals surface area contributed by atoms with Crippen LogP contribution in [0.1, 0.15) is 24.5 Å². The summed E-state index contributed by atoms with van der Waals surface area (Å²) in [5.41, 5.74) is -0.944. The molecule has 10 heteroatoms. The summed E-state index contributed by atoms with van der Waals surface area (Å²) in [7, 11) is 0. The van der Waals surface area contributed by atoms with Crippen LogP contribution in [-0.4, -0.2) is 21.7 Å². The average molecular weight is 389 g/mol. The topological polar surface area (TPSA) is 61.9 Å². The molecule has 1 atom stereocenters. The summed E-state index contributed by atoms with van der Waals surface area (Å²) in [6.07, 6.45) is -3.11. The van der Waals surface area contributed by atoms with Crippen LogP contribution in [0.5, 0.6) is 0 Å². The van der Waals surface area contributed by atoms with E-state index >= 15 is 0 Å². The monoisotopic (exact) mass is 388 g/mol. The summed E-state index contributed by atoms with van der Waals surface area (Å²) in [5.74, 6) is -0.0975. The number of β-lactam (4-membered cyclic amide) rings is 1. The predicted octanol–water partition coefficient (Wildman–Crippen LogP) is 4.19. The second-order valence-electron chi connectivity index (χ2n) is 5.51. The Labute approximate surface area is 150 Å². The number of halogens is 5. The van der Waals surface area contributed by atoms with E-state index in [1.807, 2.05) is 6.07 Å². The average Bonchev–Trinajstić information content (AvgIpc) is 2.88. The molecular formula is C15H9Cl2F3N4O. The van der Waals surface area contributed by atoms with E-state index in [9.17, 15) is 23.2 Å². The number of amides is 1. The van der Waals surface area contributed by atoms with Crippen molar-refractivity contribution >= 4 is 34.9 Å². The molecule has 1 amide bonds. The number of alkyl halides is 3. The largest absolute Gasteiger partial charge is 0.416 e. The minimum absolute atomic E-state index is 0.0280. The third kappa shape index (κ3) is 2.83. The van der Waals surface area contributed by atoms with Crippen LogP contribution in [0, 0.1) is 11.3 Å². The lowest BCUT2D eigenvalue weighted by molar-refractivity contribution is -0.137. The zero-order chi connectivity index (χ0) is 18.5. The molecule has 3 rings (SSSR count). The van der Waals surface area contributed by atoms with E-state index in [0.29, 0.717) is 6.42 Å². The Morgan fingerprint density at radius 3 is 2.36 bits per heavy atom. The van der Waals surface area contributed by atoms with Gasteiger partial charge >= 0.3 is 6.18 Å². The highest BCUT2D eigenvalue weighted by Gasteiger charge is 2.39. The summed E-state index contributed by atoms with van der Waals surface area (Å²) in [6, 6.07) is 3.18. The number of nitriles is 1. The normalized spacial score (nSPS) is 17.4. The summed E-state index contributed by atoms with van der Waals surface area (Å²) in [6.45, 7) is 1.77. The fraction of sp³-hybridized carbons (Fsp3) is 0.267. The second-order valence-corrected chi connectivity index (χ2v) is 6.32. The Balaban J connectivity index is 2.20. The Morgan fingerprint density at radius 1 is 1.32 bits per heavy atom. The van der Waals surface area contributed by atoms with E-state index in [-0.39, 0.29) is 39.1 Å². The quantitative estimate of drug-likeness (QED) is 0.724. The van der Waals surface area contributed by atoms with Gasteiger partial charge in [0.1, 0.15) is 17.3 Å². The van der Waals surface area contributed by atoms with E-state index in [1.54, 1.807) is 6.92 Å². The zero-order valence-corrected chi connectivity index (χ0v) is 14.1. The van der Waals surface area contributed by atoms with E-state index < -0.39 is 11.7 Å². The van der Waals surface area contributed by atoms with Crippen molar-refractivity contribution in [3.05, 3.63) is 39.5 Å². The van der Waals surface area contributed by atoms with Crippen LogP contribution in [0.4, 0.5) is 19.0 Å². The van der Waals surface area contributed by atoms with Crippen molar-refractivity contribution in [2.75, 3.05) is 4.90 Å². The molecule has 5 nitrogen and oxygen atoms in total. The molecule has 2 aromatic rings. The van der Waals surface area contributed by atoms with Crippen molar-refractivity contribution in [1.29, 1.82) is 5.26 Å². The minimum Gasteiger partial charge on any atom is -0.292 e. The number of carbonyl (C=O) groups excluding carboxylic acids is 1. The molecule has 0 aliphatic carbocycles. The highest BCUT2D eigenvalue weighted by molar-refractivity contribution is 6.38. The molecule has 0 saturated carbocycles. The molecule has 1 unspecified atom stereocenters. The zero-order valence-electron chi connectivity index (χ0n) is 12.6. The van der Waals surface area contributed by atoms with E-state index in [1.165, 1.54) is 11.1 Å². The number of anilines is 1. The second kappa shape index (κ2) is 5.93. The lowest BCUT2D eigenvalue weighted by atomic mass is 10.0. The number of carbonyl (C=O) groups is 1. The van der Waals surface area contributed by atoms with Crippen molar-refractivity contribution in [1.82, 2.24) is 9.78 Å². The first kappa shape index (κ1) is 17.6. The number of rotatable bonds is 2. The summed E-state index contributed by atoms with van der Waals surface area (Å²) in [5, 5.41) is 12.7. The van der Waals surface area contributed by atoms with Gasteiger partial charge in [0, 0.05) is 12.5 Å². The van der Waals surface area contributed by atoms with Crippen molar-refractivity contribution in [3.63, 3.8) is 0 Å². The maximum absolute atomic E-state index is 12.9. The highest BCUT2D eigenvalue weighted by atomic mass is 35.5. The number of nitrogens with zero attached hydrogens (tertiary/aromatic N) is 4. The summed E-state index contributed by atoms with van der Waals surface area (Å²) < 4.78 is 39.8. The lowest BCUT2D eigenvalue weighted by Crippen LogP contribution is -2.52. The maximum Gasteiger partial charge on any atom is 0.416 e. The Morgan fingerprint density at radius 2 is 1.92 bits per heavy atom. The van der Waals surface area contributed by atoms with Crippen LogP contribution in [0.2, 0.25) is 10.0 Å². The van der Waals surface area contributed by atoms with Gasteiger partial charge in [-0.2, -0.15) is 23.5 Å². The Bertz CT molecular complexity index is 893. The first-order valence-corrected chi connectivity index (χ1v) is 7.77. The molecule has 2 heterocycles. The van der Waals surface area contributed by atoms with Crippen LogP contribution in [-0.2, 0) is 11.0 Å². The van der Waals surface area contributed by atoms with Crippen LogP contribution in [0.15, 0.2) is 18.3 Å². The van der Waals surface area contributed by atoms with Gasteiger partial charge in [-0.3, -0.25) is 9.69 Å². The van der Waals surface area contributed by atoms with Crippen LogP contribution in [0.3, 0.4) is 0 Å². The van der Waals surface area contributed by atoms with Gasteiger partial charge < -0.3 is 0 Å². The SMILES string of the molecule is CC1CC(=O)N1c1c(C#N)cnn1-c1c(Cl)cc(C(F)(F)F)cc1Cl. The van der Waals surface area contributed by atoms with Gasteiger partial charge in [-0.15, -0.1) is 0 Å². The Hall–Kier alpha value is -2.24. The fourth-order valence-electron chi connectivity index (χ4n) is 2.65. The third-order valence-electron chi connectivity index (χ3n) is 3.83. The molecule has 0 radical (unpaired) electrons. The number of benzene rings is 1. The van der Waals surface area contributed by atoms with Gasteiger partial charge in [0.15, 0.2) is 5.82 Å². The number of aromatic nitrogens is 2. The van der Waals surface area contributed by atoms with Gasteiger partial charge in [-0.25, -0.2) is 4.68 Å². The molecule has 0 spiro atoms. The Kier molecular flexibility index (Phi) is 4.17. The smallest absolute Gasteiger partial charge is 0.292 e. The molecule has 25 heavy (non-hydrogen) atoms. The summed E-state index contributed by atoms with van der Waals surface area (Å²) in [4.78, 5) is 13.3. The lowest BCUT2D eigenvalue weighted by Gasteiger charge is -2.38. The maximum atomic E-state index is 12.9. The van der Waals surface area contributed by atoms with Crippen LogP contribution < -0.4 is 4.90 Å². The van der Waals surface area contributed by atoms with Crippen molar-refractivity contribution < 1.29 is 18.0 Å². The molecule has 0 bridgehead atoms.